The summed E-state index contributed by atoms with van der Waals surface area (Å²) in [7, 11) is 0. The van der Waals surface area contributed by atoms with E-state index in [0.29, 0.717) is 17.2 Å². The molecule has 1 atom stereocenters. The summed E-state index contributed by atoms with van der Waals surface area (Å²) >= 11 is 0. The van der Waals surface area contributed by atoms with Crippen molar-refractivity contribution in [1.29, 1.82) is 0 Å². The molecule has 1 aromatic rings. The van der Waals surface area contributed by atoms with E-state index in [1.807, 2.05) is 12.1 Å². The molecule has 2 aliphatic rings. The fraction of sp³-hybridized carbons (Fsp3) is 0.533. The lowest BCUT2D eigenvalue weighted by molar-refractivity contribution is 0.0948. The Morgan fingerprint density at radius 3 is 2.84 bits per heavy atom. The molecule has 3 N–H and O–H groups in total. The number of hydrogen-bond acceptors (Lipinski definition) is 3. The molecule has 1 saturated heterocycles. The normalized spacial score (nSPS) is 23.5. The zero-order valence-electron chi connectivity index (χ0n) is 11.1. The van der Waals surface area contributed by atoms with E-state index in [1.165, 1.54) is 25.8 Å². The number of nitrogen functional groups attached to an aromatic ring is 1. The highest BCUT2D eigenvalue weighted by Gasteiger charge is 2.34. The molecule has 1 amide bonds. The predicted molar refractivity (Wildman–Crippen MR) is 75.9 cm³/mol. The van der Waals surface area contributed by atoms with Crippen molar-refractivity contribution in [3.8, 4) is 0 Å². The Morgan fingerprint density at radius 2 is 2.11 bits per heavy atom. The number of nitrogens with one attached hydrogen (secondary N) is 1. The van der Waals surface area contributed by atoms with E-state index in [9.17, 15) is 4.79 Å². The molecule has 1 unspecified atom stereocenters. The minimum Gasteiger partial charge on any atom is -0.398 e. The summed E-state index contributed by atoms with van der Waals surface area (Å²) in [4.78, 5) is 14.6. The van der Waals surface area contributed by atoms with Gasteiger partial charge in [-0.1, -0.05) is 12.1 Å². The molecule has 2 fully saturated rings. The van der Waals surface area contributed by atoms with E-state index in [0.717, 1.165) is 19.1 Å². The fourth-order valence-electron chi connectivity index (χ4n) is 2.84. The molecule has 1 heterocycles. The first-order chi connectivity index (χ1) is 9.24. The molecule has 19 heavy (non-hydrogen) atoms. The van der Waals surface area contributed by atoms with Gasteiger partial charge < -0.3 is 16.0 Å². The van der Waals surface area contributed by atoms with Crippen LogP contribution in [0.15, 0.2) is 24.3 Å². The zero-order valence-corrected chi connectivity index (χ0v) is 11.1. The quantitative estimate of drug-likeness (QED) is 0.805. The predicted octanol–water partition coefficient (Wildman–Crippen LogP) is 1.48. The molecule has 1 aliphatic heterocycles. The lowest BCUT2D eigenvalue weighted by atomic mass is 10.1. The van der Waals surface area contributed by atoms with Crippen molar-refractivity contribution in [3.05, 3.63) is 29.8 Å². The third-order valence-electron chi connectivity index (χ3n) is 4.14. The minimum absolute atomic E-state index is 0.0528. The van der Waals surface area contributed by atoms with E-state index in [-0.39, 0.29) is 5.91 Å². The van der Waals surface area contributed by atoms with E-state index >= 15 is 0 Å². The van der Waals surface area contributed by atoms with Gasteiger partial charge in [-0.2, -0.15) is 0 Å². The summed E-state index contributed by atoms with van der Waals surface area (Å²) in [5, 5.41) is 3.02. The molecule has 102 valence electrons. The first-order valence-corrected chi connectivity index (χ1v) is 7.11. The number of para-hydroxylation sites is 1. The van der Waals surface area contributed by atoms with Gasteiger partial charge in [0.25, 0.3) is 5.91 Å². The summed E-state index contributed by atoms with van der Waals surface area (Å²) in [6.45, 7) is 3.09. The maximum atomic E-state index is 12.0. The molecule has 1 aromatic carbocycles. The van der Waals surface area contributed by atoms with Crippen LogP contribution >= 0.6 is 0 Å². The molecule has 3 rings (SSSR count). The number of rotatable bonds is 4. The molecular formula is C15H21N3O. The van der Waals surface area contributed by atoms with Crippen molar-refractivity contribution in [2.24, 2.45) is 5.92 Å². The van der Waals surface area contributed by atoms with E-state index in [2.05, 4.69) is 10.2 Å². The van der Waals surface area contributed by atoms with Crippen molar-refractivity contribution < 1.29 is 4.79 Å². The number of benzene rings is 1. The van der Waals surface area contributed by atoms with Gasteiger partial charge >= 0.3 is 0 Å². The van der Waals surface area contributed by atoms with Crippen LogP contribution in [-0.2, 0) is 0 Å². The van der Waals surface area contributed by atoms with Crippen LogP contribution in [0, 0.1) is 5.92 Å². The highest BCUT2D eigenvalue weighted by molar-refractivity contribution is 5.99. The van der Waals surface area contributed by atoms with Crippen LogP contribution in [-0.4, -0.2) is 36.5 Å². The monoisotopic (exact) mass is 259 g/mol. The van der Waals surface area contributed by atoms with Gasteiger partial charge in [-0.25, -0.2) is 0 Å². The molecule has 0 spiro atoms. The van der Waals surface area contributed by atoms with Gasteiger partial charge in [-0.15, -0.1) is 0 Å². The Kier molecular flexibility index (Phi) is 3.42. The van der Waals surface area contributed by atoms with E-state index < -0.39 is 0 Å². The Hall–Kier alpha value is -1.55. The topological polar surface area (TPSA) is 58.4 Å². The van der Waals surface area contributed by atoms with Crippen LogP contribution in [0.5, 0.6) is 0 Å². The largest absolute Gasteiger partial charge is 0.398 e. The van der Waals surface area contributed by atoms with Gasteiger partial charge in [-0.3, -0.25) is 4.79 Å². The molecular weight excluding hydrogens is 238 g/mol. The minimum atomic E-state index is -0.0528. The number of likely N-dealkylation sites (tertiary alicyclic amines) is 1. The number of hydrogen-bond donors (Lipinski definition) is 2. The number of carbonyl (C=O) groups excluding carboxylic acids is 1. The Balaban J connectivity index is 1.50. The van der Waals surface area contributed by atoms with Gasteiger partial charge in [0.1, 0.15) is 0 Å². The van der Waals surface area contributed by atoms with Crippen molar-refractivity contribution in [3.63, 3.8) is 0 Å². The van der Waals surface area contributed by atoms with Gasteiger partial charge in [0.05, 0.1) is 5.56 Å². The first-order valence-electron chi connectivity index (χ1n) is 7.11. The van der Waals surface area contributed by atoms with Gasteiger partial charge in [-0.05, 0) is 43.9 Å². The summed E-state index contributed by atoms with van der Waals surface area (Å²) in [6.07, 6.45) is 3.92. The van der Waals surface area contributed by atoms with E-state index in [1.54, 1.807) is 12.1 Å². The standard InChI is InChI=1S/C15H21N3O/c16-14-4-2-1-3-13(14)15(19)17-9-11-7-8-18(10-11)12-5-6-12/h1-4,11-12H,5-10,16H2,(H,17,19). The summed E-state index contributed by atoms with van der Waals surface area (Å²) in [5.74, 6) is 0.539. The smallest absolute Gasteiger partial charge is 0.253 e. The third kappa shape index (κ3) is 2.89. The summed E-state index contributed by atoms with van der Waals surface area (Å²) < 4.78 is 0. The van der Waals surface area contributed by atoms with E-state index in [4.69, 9.17) is 5.73 Å². The molecule has 0 radical (unpaired) electrons. The van der Waals surface area contributed by atoms with Crippen molar-refractivity contribution in [2.75, 3.05) is 25.4 Å². The Bertz CT molecular complexity index is 470. The molecule has 4 nitrogen and oxygen atoms in total. The van der Waals surface area contributed by atoms with Crippen molar-refractivity contribution in [1.82, 2.24) is 10.2 Å². The van der Waals surface area contributed by atoms with Crippen LogP contribution < -0.4 is 11.1 Å². The van der Waals surface area contributed by atoms with Crippen LogP contribution in [0.1, 0.15) is 29.6 Å². The lowest BCUT2D eigenvalue weighted by Crippen LogP contribution is -2.31. The molecule has 4 heteroatoms. The van der Waals surface area contributed by atoms with Crippen LogP contribution in [0.25, 0.3) is 0 Å². The first kappa shape index (κ1) is 12.5. The lowest BCUT2D eigenvalue weighted by Gasteiger charge is -2.15. The van der Waals surface area contributed by atoms with Crippen LogP contribution in [0.3, 0.4) is 0 Å². The molecule has 0 aromatic heterocycles. The van der Waals surface area contributed by atoms with Gasteiger partial charge in [0.2, 0.25) is 0 Å². The molecule has 1 aliphatic carbocycles. The second-order valence-corrected chi connectivity index (χ2v) is 5.68. The van der Waals surface area contributed by atoms with Crippen molar-refractivity contribution >= 4 is 11.6 Å². The maximum absolute atomic E-state index is 12.0. The Morgan fingerprint density at radius 1 is 1.32 bits per heavy atom. The average Bonchev–Trinajstić information content (AvgIpc) is 3.16. The zero-order chi connectivity index (χ0) is 13.2. The molecule has 0 bridgehead atoms. The third-order valence-corrected chi connectivity index (χ3v) is 4.14. The van der Waals surface area contributed by atoms with Crippen LogP contribution in [0.4, 0.5) is 5.69 Å². The van der Waals surface area contributed by atoms with Crippen molar-refractivity contribution in [2.45, 2.75) is 25.3 Å². The maximum Gasteiger partial charge on any atom is 0.253 e. The second-order valence-electron chi connectivity index (χ2n) is 5.68. The fourth-order valence-corrected chi connectivity index (χ4v) is 2.84. The number of nitrogens with zero attached hydrogens (tertiary/aromatic N) is 1. The Labute approximate surface area is 114 Å². The molecule has 1 saturated carbocycles. The highest BCUT2D eigenvalue weighted by atomic mass is 16.1. The number of carbonyl (C=O) groups is 1. The highest BCUT2D eigenvalue weighted by Crippen LogP contribution is 2.31. The number of nitrogens with two attached hydrogens (primary N) is 1. The van der Waals surface area contributed by atoms with Gasteiger partial charge in [0.15, 0.2) is 0 Å². The average molecular weight is 259 g/mol. The second kappa shape index (κ2) is 5.21. The SMILES string of the molecule is Nc1ccccc1C(=O)NCC1CCN(C2CC2)C1. The summed E-state index contributed by atoms with van der Waals surface area (Å²) in [5.41, 5.74) is 6.94. The van der Waals surface area contributed by atoms with Crippen LogP contribution in [0.2, 0.25) is 0 Å². The summed E-state index contributed by atoms with van der Waals surface area (Å²) in [6, 6.07) is 8.06. The van der Waals surface area contributed by atoms with Gasteiger partial charge in [0, 0.05) is 24.8 Å². The number of amides is 1. The number of anilines is 1.